The van der Waals surface area contributed by atoms with Crippen LogP contribution < -0.4 is 0 Å². The second kappa shape index (κ2) is 13.1. The van der Waals surface area contributed by atoms with Gasteiger partial charge in [0.1, 0.15) is 5.78 Å². The van der Waals surface area contributed by atoms with Crippen LogP contribution in [-0.2, 0) is 9.59 Å². The van der Waals surface area contributed by atoms with Crippen LogP contribution >= 0.6 is 0 Å². The van der Waals surface area contributed by atoms with Gasteiger partial charge in [0, 0.05) is 18.8 Å². The van der Waals surface area contributed by atoms with Gasteiger partial charge in [-0.2, -0.15) is 0 Å². The van der Waals surface area contributed by atoms with Crippen LogP contribution in [0.1, 0.15) is 90.9 Å². The van der Waals surface area contributed by atoms with Crippen LogP contribution in [0.3, 0.4) is 0 Å². The number of carbonyl (C=O) groups excluding carboxylic acids is 1. The minimum Gasteiger partial charge on any atom is -0.481 e. The molecule has 0 saturated heterocycles. The molecule has 0 aromatic rings. The molecule has 0 unspecified atom stereocenters. The summed E-state index contributed by atoms with van der Waals surface area (Å²) in [6.45, 7) is 4.38. The topological polar surface area (TPSA) is 74.6 Å². The highest BCUT2D eigenvalue weighted by molar-refractivity contribution is 5.83. The van der Waals surface area contributed by atoms with E-state index in [1.54, 1.807) is 0 Å². The Morgan fingerprint density at radius 2 is 1.96 bits per heavy atom. The number of carboxylic acid groups (broad SMARTS) is 1. The predicted octanol–water partition coefficient (Wildman–Crippen LogP) is 5.14. The predicted molar refractivity (Wildman–Crippen MR) is 105 cm³/mol. The molecule has 1 aliphatic carbocycles. The van der Waals surface area contributed by atoms with E-state index in [0.717, 1.165) is 51.4 Å². The fourth-order valence-corrected chi connectivity index (χ4v) is 3.97. The Bertz CT molecular complexity index is 443. The average Bonchev–Trinajstić information content (AvgIpc) is 2.94. The molecular formula is C22H38O4. The third-order valence-electron chi connectivity index (χ3n) is 5.59. The molecule has 0 spiro atoms. The Balaban J connectivity index is 2.32. The molecule has 0 aromatic heterocycles. The zero-order chi connectivity index (χ0) is 19.4. The van der Waals surface area contributed by atoms with Gasteiger partial charge in [0.05, 0.1) is 6.10 Å². The van der Waals surface area contributed by atoms with Gasteiger partial charge < -0.3 is 10.2 Å². The molecule has 2 N–H and O–H groups in total. The molecule has 0 heterocycles. The fraction of sp³-hybridized carbons (Fsp3) is 0.818. The summed E-state index contributed by atoms with van der Waals surface area (Å²) in [7, 11) is 0. The standard InChI is InChI=1S/C22H38O4/c1-3-4-9-17(2)16-19(23)14-12-18-13-15-21(24)20(18)10-7-5-6-8-11-22(25)26/h12,14,17-20,23H,3-11,13,15-16H2,1-2H3,(H,25,26)/b14-12+/t17-,18-,19+,20+/m0/s1. The summed E-state index contributed by atoms with van der Waals surface area (Å²) in [5.41, 5.74) is 0. The van der Waals surface area contributed by atoms with Crippen LogP contribution in [0.15, 0.2) is 12.2 Å². The van der Waals surface area contributed by atoms with Crippen molar-refractivity contribution in [2.24, 2.45) is 17.8 Å². The lowest BCUT2D eigenvalue weighted by molar-refractivity contribution is -0.137. The zero-order valence-corrected chi connectivity index (χ0v) is 16.7. The van der Waals surface area contributed by atoms with Crippen molar-refractivity contribution in [1.82, 2.24) is 0 Å². The van der Waals surface area contributed by atoms with Crippen LogP contribution in [0.2, 0.25) is 0 Å². The zero-order valence-electron chi connectivity index (χ0n) is 16.7. The quantitative estimate of drug-likeness (QED) is 0.330. The molecule has 0 aromatic carbocycles. The van der Waals surface area contributed by atoms with Gasteiger partial charge in [-0.3, -0.25) is 9.59 Å². The van der Waals surface area contributed by atoms with Gasteiger partial charge in [-0.05, 0) is 37.5 Å². The smallest absolute Gasteiger partial charge is 0.303 e. The van der Waals surface area contributed by atoms with E-state index in [1.807, 2.05) is 6.08 Å². The van der Waals surface area contributed by atoms with Gasteiger partial charge >= 0.3 is 5.97 Å². The largest absolute Gasteiger partial charge is 0.481 e. The summed E-state index contributed by atoms with van der Waals surface area (Å²) < 4.78 is 0. The van der Waals surface area contributed by atoms with Gasteiger partial charge in [-0.1, -0.05) is 64.5 Å². The van der Waals surface area contributed by atoms with E-state index in [4.69, 9.17) is 5.11 Å². The number of allylic oxidation sites excluding steroid dienone is 1. The van der Waals surface area contributed by atoms with Gasteiger partial charge in [0.2, 0.25) is 0 Å². The SMILES string of the molecule is CCCC[C@H](C)C[C@H](O)/C=C/[C@H]1CCC(=O)[C@@H]1CCCCCCC(=O)O. The first kappa shape index (κ1) is 22.9. The second-order valence-corrected chi connectivity index (χ2v) is 8.06. The van der Waals surface area contributed by atoms with Crippen molar-refractivity contribution in [3.05, 3.63) is 12.2 Å². The maximum absolute atomic E-state index is 12.2. The summed E-state index contributed by atoms with van der Waals surface area (Å²) in [5.74, 6) is 0.513. The number of unbranched alkanes of at least 4 members (excludes halogenated alkanes) is 4. The van der Waals surface area contributed by atoms with Crippen molar-refractivity contribution in [2.75, 3.05) is 0 Å². The Morgan fingerprint density at radius 3 is 2.65 bits per heavy atom. The molecule has 0 aliphatic heterocycles. The lowest BCUT2D eigenvalue weighted by Crippen LogP contribution is -2.14. The molecular weight excluding hydrogens is 328 g/mol. The number of Topliss-reactive ketones (excluding diaryl/α,β-unsaturated/α-hetero) is 1. The van der Waals surface area contributed by atoms with Crippen LogP contribution in [0.25, 0.3) is 0 Å². The van der Waals surface area contributed by atoms with Crippen molar-refractivity contribution in [1.29, 1.82) is 0 Å². The molecule has 1 aliphatic rings. The molecule has 0 bridgehead atoms. The Kier molecular flexibility index (Phi) is 11.5. The molecule has 26 heavy (non-hydrogen) atoms. The molecule has 1 saturated carbocycles. The van der Waals surface area contributed by atoms with E-state index in [2.05, 4.69) is 19.9 Å². The maximum atomic E-state index is 12.2. The van der Waals surface area contributed by atoms with Gasteiger partial charge in [0.25, 0.3) is 0 Å². The normalized spacial score (nSPS) is 22.8. The molecule has 1 rings (SSSR count). The van der Waals surface area contributed by atoms with Crippen molar-refractivity contribution in [2.45, 2.75) is 97.0 Å². The Morgan fingerprint density at radius 1 is 1.23 bits per heavy atom. The minimum atomic E-state index is -0.733. The van der Waals surface area contributed by atoms with Crippen molar-refractivity contribution < 1.29 is 19.8 Å². The summed E-state index contributed by atoms with van der Waals surface area (Å²) >= 11 is 0. The third kappa shape index (κ3) is 9.51. The number of carbonyl (C=O) groups is 2. The minimum absolute atomic E-state index is 0.0930. The van der Waals surface area contributed by atoms with Crippen LogP contribution in [0, 0.1) is 17.8 Å². The fourth-order valence-electron chi connectivity index (χ4n) is 3.97. The Hall–Kier alpha value is -1.16. The number of aliphatic hydroxyl groups excluding tert-OH is 1. The highest BCUT2D eigenvalue weighted by atomic mass is 16.4. The first-order valence-corrected chi connectivity index (χ1v) is 10.5. The van der Waals surface area contributed by atoms with Crippen LogP contribution in [0.5, 0.6) is 0 Å². The number of ketones is 1. The van der Waals surface area contributed by atoms with E-state index >= 15 is 0 Å². The number of hydrogen-bond acceptors (Lipinski definition) is 3. The van der Waals surface area contributed by atoms with E-state index < -0.39 is 12.1 Å². The molecule has 1 fully saturated rings. The highest BCUT2D eigenvalue weighted by Gasteiger charge is 2.32. The number of aliphatic hydroxyl groups is 1. The summed E-state index contributed by atoms with van der Waals surface area (Å²) in [4.78, 5) is 22.7. The summed E-state index contributed by atoms with van der Waals surface area (Å²) in [6, 6.07) is 0. The van der Waals surface area contributed by atoms with Crippen LogP contribution in [0.4, 0.5) is 0 Å². The maximum Gasteiger partial charge on any atom is 0.303 e. The number of aliphatic carboxylic acids is 1. The van der Waals surface area contributed by atoms with Gasteiger partial charge in [-0.15, -0.1) is 0 Å². The number of rotatable bonds is 14. The lowest BCUT2D eigenvalue weighted by atomic mass is 9.89. The van der Waals surface area contributed by atoms with Gasteiger partial charge in [0.15, 0.2) is 0 Å². The van der Waals surface area contributed by atoms with E-state index in [9.17, 15) is 14.7 Å². The average molecular weight is 367 g/mol. The monoisotopic (exact) mass is 366 g/mol. The van der Waals surface area contributed by atoms with Crippen molar-refractivity contribution in [3.8, 4) is 0 Å². The number of carboxylic acids is 1. The van der Waals surface area contributed by atoms with E-state index in [1.165, 1.54) is 12.8 Å². The van der Waals surface area contributed by atoms with Crippen molar-refractivity contribution >= 4 is 11.8 Å². The van der Waals surface area contributed by atoms with Gasteiger partial charge in [-0.25, -0.2) is 0 Å². The molecule has 0 radical (unpaired) electrons. The highest BCUT2D eigenvalue weighted by Crippen LogP contribution is 2.34. The van der Waals surface area contributed by atoms with Crippen LogP contribution in [-0.4, -0.2) is 28.1 Å². The molecule has 4 nitrogen and oxygen atoms in total. The second-order valence-electron chi connectivity index (χ2n) is 8.06. The lowest BCUT2D eigenvalue weighted by Gasteiger charge is -2.17. The third-order valence-corrected chi connectivity index (χ3v) is 5.59. The molecule has 4 atom stereocenters. The summed E-state index contributed by atoms with van der Waals surface area (Å²) in [5, 5.41) is 18.9. The molecule has 150 valence electrons. The molecule has 0 amide bonds. The van der Waals surface area contributed by atoms with E-state index in [-0.39, 0.29) is 18.3 Å². The first-order chi connectivity index (χ1) is 12.4. The first-order valence-electron chi connectivity index (χ1n) is 10.5. The summed E-state index contributed by atoms with van der Waals surface area (Å²) in [6.07, 6.45) is 14.2. The molecule has 4 heteroatoms. The van der Waals surface area contributed by atoms with E-state index in [0.29, 0.717) is 18.1 Å². The Labute approximate surface area is 159 Å². The number of hydrogen-bond donors (Lipinski definition) is 2. The van der Waals surface area contributed by atoms with Crippen molar-refractivity contribution in [3.63, 3.8) is 0 Å².